The SMILES string of the molecule is CCN1CCN(C(=O)NC(C)C(C)C)CC1c1nccn1C. The summed E-state index contributed by atoms with van der Waals surface area (Å²) < 4.78 is 2.05. The normalized spacial score (nSPS) is 21.2. The van der Waals surface area contributed by atoms with E-state index in [1.165, 1.54) is 0 Å². The highest BCUT2D eigenvalue weighted by atomic mass is 16.2. The molecule has 6 heteroatoms. The molecule has 1 aliphatic rings. The largest absolute Gasteiger partial charge is 0.337 e. The Morgan fingerprint density at radius 1 is 1.41 bits per heavy atom. The zero-order valence-corrected chi connectivity index (χ0v) is 14.4. The van der Waals surface area contributed by atoms with Crippen LogP contribution < -0.4 is 5.32 Å². The van der Waals surface area contributed by atoms with Gasteiger partial charge < -0.3 is 14.8 Å². The van der Waals surface area contributed by atoms with Crippen LogP contribution in [0, 0.1) is 5.92 Å². The van der Waals surface area contributed by atoms with Gasteiger partial charge in [-0.05, 0) is 19.4 Å². The Bertz CT molecular complexity index is 498. The highest BCUT2D eigenvalue weighted by Gasteiger charge is 2.32. The lowest BCUT2D eigenvalue weighted by molar-refractivity contribution is 0.0863. The number of hydrogen-bond acceptors (Lipinski definition) is 3. The first-order valence-electron chi connectivity index (χ1n) is 8.20. The summed E-state index contributed by atoms with van der Waals surface area (Å²) in [5.74, 6) is 1.46. The topological polar surface area (TPSA) is 53.4 Å². The summed E-state index contributed by atoms with van der Waals surface area (Å²) in [6, 6.07) is 0.387. The van der Waals surface area contributed by atoms with Crippen molar-refractivity contribution in [1.82, 2.24) is 24.7 Å². The van der Waals surface area contributed by atoms with Crippen LogP contribution in [0.5, 0.6) is 0 Å². The number of carbonyl (C=O) groups is 1. The molecule has 1 fully saturated rings. The number of rotatable bonds is 4. The fourth-order valence-corrected chi connectivity index (χ4v) is 2.78. The van der Waals surface area contributed by atoms with Gasteiger partial charge in [-0.15, -0.1) is 0 Å². The van der Waals surface area contributed by atoms with Crippen molar-refractivity contribution < 1.29 is 4.79 Å². The molecule has 1 aliphatic heterocycles. The van der Waals surface area contributed by atoms with Crippen molar-refractivity contribution in [1.29, 1.82) is 0 Å². The van der Waals surface area contributed by atoms with Gasteiger partial charge in [-0.2, -0.15) is 0 Å². The van der Waals surface area contributed by atoms with Gasteiger partial charge in [0.25, 0.3) is 0 Å². The van der Waals surface area contributed by atoms with Crippen LogP contribution in [-0.2, 0) is 7.05 Å². The number of urea groups is 1. The predicted octanol–water partition coefficient (Wildman–Crippen LogP) is 1.85. The number of aryl methyl sites for hydroxylation is 1. The average Bonchev–Trinajstić information content (AvgIpc) is 2.92. The molecule has 2 amide bonds. The monoisotopic (exact) mass is 307 g/mol. The second kappa shape index (κ2) is 7.13. The van der Waals surface area contributed by atoms with E-state index in [-0.39, 0.29) is 18.1 Å². The maximum atomic E-state index is 12.5. The number of piperazine rings is 1. The molecule has 6 nitrogen and oxygen atoms in total. The Balaban J connectivity index is 2.07. The van der Waals surface area contributed by atoms with Crippen molar-refractivity contribution in [2.45, 2.75) is 39.8 Å². The fourth-order valence-electron chi connectivity index (χ4n) is 2.78. The summed E-state index contributed by atoms with van der Waals surface area (Å²) in [6.07, 6.45) is 3.78. The summed E-state index contributed by atoms with van der Waals surface area (Å²) in [7, 11) is 2.01. The Morgan fingerprint density at radius 2 is 2.14 bits per heavy atom. The van der Waals surface area contributed by atoms with E-state index < -0.39 is 0 Å². The van der Waals surface area contributed by atoms with E-state index in [1.54, 1.807) is 0 Å². The molecule has 2 atom stereocenters. The molecule has 1 aromatic heterocycles. The lowest BCUT2D eigenvalue weighted by Gasteiger charge is -2.40. The van der Waals surface area contributed by atoms with E-state index in [0.29, 0.717) is 12.5 Å². The van der Waals surface area contributed by atoms with Gasteiger partial charge >= 0.3 is 6.03 Å². The van der Waals surface area contributed by atoms with E-state index >= 15 is 0 Å². The first-order chi connectivity index (χ1) is 10.4. The third kappa shape index (κ3) is 3.61. The molecule has 0 spiro atoms. The van der Waals surface area contributed by atoms with Gasteiger partial charge in [-0.3, -0.25) is 4.90 Å². The molecule has 0 saturated carbocycles. The van der Waals surface area contributed by atoms with Crippen LogP contribution in [0.3, 0.4) is 0 Å². The van der Waals surface area contributed by atoms with Crippen LogP contribution in [0.1, 0.15) is 39.6 Å². The fraction of sp³-hybridized carbons (Fsp3) is 0.750. The molecule has 22 heavy (non-hydrogen) atoms. The lowest BCUT2D eigenvalue weighted by atomic mass is 10.1. The average molecular weight is 307 g/mol. The molecule has 0 aliphatic carbocycles. The Hall–Kier alpha value is -1.56. The molecule has 1 N–H and O–H groups in total. The minimum absolute atomic E-state index is 0.0381. The van der Waals surface area contributed by atoms with E-state index in [1.807, 2.05) is 28.9 Å². The minimum atomic E-state index is 0.0381. The minimum Gasteiger partial charge on any atom is -0.337 e. The van der Waals surface area contributed by atoms with Crippen LogP contribution in [0.2, 0.25) is 0 Å². The van der Waals surface area contributed by atoms with Crippen molar-refractivity contribution in [2.75, 3.05) is 26.2 Å². The second-order valence-electron chi connectivity index (χ2n) is 6.47. The van der Waals surface area contributed by atoms with Gasteiger partial charge in [-0.25, -0.2) is 9.78 Å². The number of carbonyl (C=O) groups excluding carboxylic acids is 1. The van der Waals surface area contributed by atoms with Gasteiger partial charge in [0.1, 0.15) is 5.82 Å². The van der Waals surface area contributed by atoms with Gasteiger partial charge in [-0.1, -0.05) is 20.8 Å². The molecule has 2 unspecified atom stereocenters. The summed E-state index contributed by atoms with van der Waals surface area (Å²) in [6.45, 7) is 11.8. The van der Waals surface area contributed by atoms with Crippen LogP contribution >= 0.6 is 0 Å². The highest BCUT2D eigenvalue weighted by molar-refractivity contribution is 5.74. The predicted molar refractivity (Wildman–Crippen MR) is 87.6 cm³/mol. The van der Waals surface area contributed by atoms with E-state index in [9.17, 15) is 4.79 Å². The number of likely N-dealkylation sites (N-methyl/N-ethyl adjacent to an activating group) is 1. The van der Waals surface area contributed by atoms with E-state index in [2.05, 4.69) is 42.9 Å². The van der Waals surface area contributed by atoms with Gasteiger partial charge in [0.15, 0.2) is 0 Å². The van der Waals surface area contributed by atoms with Crippen molar-refractivity contribution in [2.24, 2.45) is 13.0 Å². The maximum Gasteiger partial charge on any atom is 0.317 e. The Kier molecular flexibility index (Phi) is 5.45. The van der Waals surface area contributed by atoms with Crippen molar-refractivity contribution >= 4 is 6.03 Å². The highest BCUT2D eigenvalue weighted by Crippen LogP contribution is 2.23. The lowest BCUT2D eigenvalue weighted by Crippen LogP contribution is -2.55. The van der Waals surface area contributed by atoms with E-state index in [4.69, 9.17) is 0 Å². The van der Waals surface area contributed by atoms with Crippen LogP contribution in [0.4, 0.5) is 4.79 Å². The molecular weight excluding hydrogens is 278 g/mol. The summed E-state index contributed by atoms with van der Waals surface area (Å²) >= 11 is 0. The molecule has 1 saturated heterocycles. The van der Waals surface area contributed by atoms with Gasteiger partial charge in [0.05, 0.1) is 6.04 Å². The molecular formula is C16H29N5O. The number of nitrogens with one attached hydrogen (secondary N) is 1. The number of hydrogen-bond donors (Lipinski definition) is 1. The number of nitrogens with zero attached hydrogens (tertiary/aromatic N) is 4. The number of imidazole rings is 1. The van der Waals surface area contributed by atoms with Crippen molar-refractivity contribution in [3.8, 4) is 0 Å². The molecule has 0 bridgehead atoms. The second-order valence-corrected chi connectivity index (χ2v) is 6.47. The summed E-state index contributed by atoms with van der Waals surface area (Å²) in [5.41, 5.74) is 0. The quantitative estimate of drug-likeness (QED) is 0.923. The van der Waals surface area contributed by atoms with Crippen molar-refractivity contribution in [3.05, 3.63) is 18.2 Å². The van der Waals surface area contributed by atoms with E-state index in [0.717, 1.165) is 25.5 Å². The molecule has 2 rings (SSSR count). The van der Waals surface area contributed by atoms with Crippen LogP contribution in [0.25, 0.3) is 0 Å². The molecule has 2 heterocycles. The Morgan fingerprint density at radius 3 is 2.68 bits per heavy atom. The zero-order chi connectivity index (χ0) is 16.3. The van der Waals surface area contributed by atoms with Crippen LogP contribution in [-0.4, -0.2) is 57.6 Å². The first-order valence-corrected chi connectivity index (χ1v) is 8.20. The first kappa shape index (κ1) is 16.8. The van der Waals surface area contributed by atoms with Gasteiger partial charge in [0.2, 0.25) is 0 Å². The number of amides is 2. The molecule has 0 aromatic carbocycles. The summed E-state index contributed by atoms with van der Waals surface area (Å²) in [5, 5.41) is 3.10. The van der Waals surface area contributed by atoms with Crippen molar-refractivity contribution in [3.63, 3.8) is 0 Å². The van der Waals surface area contributed by atoms with Crippen LogP contribution in [0.15, 0.2) is 12.4 Å². The molecule has 124 valence electrons. The van der Waals surface area contributed by atoms with Gasteiger partial charge in [0, 0.05) is 45.1 Å². The third-order valence-corrected chi connectivity index (χ3v) is 4.69. The third-order valence-electron chi connectivity index (χ3n) is 4.69. The number of aromatic nitrogens is 2. The maximum absolute atomic E-state index is 12.5. The zero-order valence-electron chi connectivity index (χ0n) is 14.4. The standard InChI is InChI=1S/C16H29N5O/c1-6-20-9-10-21(16(22)18-13(4)12(2)3)11-14(20)15-17-7-8-19(15)5/h7-8,12-14H,6,9-11H2,1-5H3,(H,18,22). The molecule has 1 aromatic rings. The molecule has 0 radical (unpaired) electrons. The smallest absolute Gasteiger partial charge is 0.317 e. The Labute approximate surface area is 133 Å². The summed E-state index contributed by atoms with van der Waals surface area (Å²) in [4.78, 5) is 21.3.